The van der Waals surface area contributed by atoms with E-state index in [2.05, 4.69) is 12.2 Å². The molecule has 0 bridgehead atoms. The van der Waals surface area contributed by atoms with E-state index in [1.165, 1.54) is 37.0 Å². The van der Waals surface area contributed by atoms with Crippen LogP contribution >= 0.6 is 11.3 Å². The lowest BCUT2D eigenvalue weighted by atomic mass is 9.87. The Balaban J connectivity index is 2.16. The Morgan fingerprint density at radius 2 is 2.05 bits per heavy atom. The molecule has 1 saturated carbocycles. The molecule has 3 N–H and O–H groups in total. The number of rotatable bonds is 5. The van der Waals surface area contributed by atoms with Crippen LogP contribution in [0.2, 0.25) is 0 Å². The fourth-order valence-corrected chi connectivity index (χ4v) is 3.86. The molecule has 1 aliphatic carbocycles. The molecular formula is C15H24N2O2S. The number of anilines is 2. The number of Topliss-reactive ketones (excluding diaryl/α,β-unsaturated/α-hetero) is 1. The van der Waals surface area contributed by atoms with Gasteiger partial charge in [-0.3, -0.25) is 4.79 Å². The number of carbonyl (C=O) groups is 1. The molecule has 0 saturated heterocycles. The number of methoxy groups -OCH3 is 1. The van der Waals surface area contributed by atoms with Gasteiger partial charge >= 0.3 is 0 Å². The number of hydrogen-bond acceptors (Lipinski definition) is 5. The molecule has 0 spiro atoms. The first-order valence-corrected chi connectivity index (χ1v) is 8.14. The standard InChI is InChI=1S/C15H24N2O2S/c1-4-11(18)14-12(16)13(19-3)15(20-14)17-10-7-5-9(2)6-8-10/h9-10,17H,4-8,16H2,1-3H3. The Labute approximate surface area is 124 Å². The fraction of sp³-hybridized carbons (Fsp3) is 0.667. The van der Waals surface area contributed by atoms with Crippen LogP contribution in [0.3, 0.4) is 0 Å². The van der Waals surface area contributed by atoms with Gasteiger partial charge in [0.05, 0.1) is 17.7 Å². The maximum atomic E-state index is 11.9. The van der Waals surface area contributed by atoms with Gasteiger partial charge in [-0.05, 0) is 31.6 Å². The summed E-state index contributed by atoms with van der Waals surface area (Å²) in [5.74, 6) is 1.53. The number of thiophene rings is 1. The summed E-state index contributed by atoms with van der Waals surface area (Å²) in [6, 6.07) is 0.461. The second-order valence-corrected chi connectivity index (χ2v) is 6.61. The summed E-state index contributed by atoms with van der Waals surface area (Å²) in [6.45, 7) is 4.15. The topological polar surface area (TPSA) is 64.3 Å². The number of ether oxygens (including phenoxy) is 1. The van der Waals surface area contributed by atoms with Crippen LogP contribution in [-0.2, 0) is 0 Å². The van der Waals surface area contributed by atoms with E-state index in [1.807, 2.05) is 6.92 Å². The number of nitrogens with one attached hydrogen (secondary N) is 1. The van der Waals surface area contributed by atoms with Gasteiger partial charge in [0.1, 0.15) is 5.00 Å². The minimum absolute atomic E-state index is 0.0797. The molecule has 0 aliphatic heterocycles. The molecule has 0 unspecified atom stereocenters. The smallest absolute Gasteiger partial charge is 0.176 e. The number of hydrogen-bond donors (Lipinski definition) is 2. The summed E-state index contributed by atoms with van der Waals surface area (Å²) in [6.07, 6.45) is 5.30. The highest BCUT2D eigenvalue weighted by Gasteiger charge is 2.24. The molecule has 1 aromatic heterocycles. The van der Waals surface area contributed by atoms with Crippen LogP contribution in [0.4, 0.5) is 10.7 Å². The minimum atomic E-state index is 0.0797. The van der Waals surface area contributed by atoms with E-state index in [1.54, 1.807) is 7.11 Å². The van der Waals surface area contributed by atoms with Crippen molar-refractivity contribution in [1.82, 2.24) is 0 Å². The largest absolute Gasteiger partial charge is 0.492 e. The van der Waals surface area contributed by atoms with E-state index in [0.717, 1.165) is 10.9 Å². The van der Waals surface area contributed by atoms with Gasteiger partial charge in [0.25, 0.3) is 0 Å². The molecule has 1 aromatic rings. The highest BCUT2D eigenvalue weighted by molar-refractivity contribution is 7.19. The van der Waals surface area contributed by atoms with Gasteiger partial charge in [0, 0.05) is 12.5 Å². The zero-order chi connectivity index (χ0) is 14.7. The van der Waals surface area contributed by atoms with Crippen molar-refractivity contribution < 1.29 is 9.53 Å². The Morgan fingerprint density at radius 3 is 2.60 bits per heavy atom. The quantitative estimate of drug-likeness (QED) is 0.808. The van der Waals surface area contributed by atoms with Crippen molar-refractivity contribution >= 4 is 27.8 Å². The highest BCUT2D eigenvalue weighted by atomic mass is 32.1. The van der Waals surface area contributed by atoms with Crippen molar-refractivity contribution in [1.29, 1.82) is 0 Å². The molecule has 1 fully saturated rings. The van der Waals surface area contributed by atoms with E-state index in [0.29, 0.717) is 28.8 Å². The maximum absolute atomic E-state index is 11.9. The van der Waals surface area contributed by atoms with Crippen LogP contribution in [0.15, 0.2) is 0 Å². The average Bonchev–Trinajstić information content (AvgIpc) is 2.76. The van der Waals surface area contributed by atoms with Gasteiger partial charge in [0.15, 0.2) is 11.5 Å². The van der Waals surface area contributed by atoms with Crippen molar-refractivity contribution in [3.05, 3.63) is 4.88 Å². The van der Waals surface area contributed by atoms with Gasteiger partial charge in [-0.25, -0.2) is 0 Å². The van der Waals surface area contributed by atoms with E-state index in [9.17, 15) is 4.79 Å². The van der Waals surface area contributed by atoms with Crippen molar-refractivity contribution in [2.24, 2.45) is 5.92 Å². The van der Waals surface area contributed by atoms with Crippen molar-refractivity contribution in [2.75, 3.05) is 18.2 Å². The van der Waals surface area contributed by atoms with Crippen molar-refractivity contribution in [3.8, 4) is 5.75 Å². The zero-order valence-corrected chi connectivity index (χ0v) is 13.3. The van der Waals surface area contributed by atoms with Gasteiger partial charge in [-0.2, -0.15) is 0 Å². The number of nitrogen functional groups attached to an aromatic ring is 1. The summed E-state index contributed by atoms with van der Waals surface area (Å²) in [7, 11) is 1.60. The Kier molecular flexibility index (Phi) is 4.91. The van der Waals surface area contributed by atoms with Crippen molar-refractivity contribution in [3.63, 3.8) is 0 Å². The first-order chi connectivity index (χ1) is 9.56. The average molecular weight is 296 g/mol. The maximum Gasteiger partial charge on any atom is 0.176 e. The first-order valence-electron chi connectivity index (χ1n) is 7.32. The molecule has 1 aliphatic rings. The molecule has 20 heavy (non-hydrogen) atoms. The summed E-state index contributed by atoms with van der Waals surface area (Å²) in [5, 5.41) is 4.43. The molecule has 0 amide bonds. The van der Waals surface area contributed by atoms with Crippen LogP contribution in [0.5, 0.6) is 5.75 Å². The molecule has 0 radical (unpaired) electrons. The molecule has 1 heterocycles. The molecule has 5 heteroatoms. The third kappa shape index (κ3) is 3.08. The van der Waals surface area contributed by atoms with E-state index in [4.69, 9.17) is 10.5 Å². The third-order valence-electron chi connectivity index (χ3n) is 4.03. The Morgan fingerprint density at radius 1 is 1.40 bits per heavy atom. The van der Waals surface area contributed by atoms with Crippen LogP contribution in [0.1, 0.15) is 55.6 Å². The summed E-state index contributed by atoms with van der Waals surface area (Å²) >= 11 is 1.43. The van der Waals surface area contributed by atoms with Gasteiger partial charge in [-0.1, -0.05) is 13.8 Å². The van der Waals surface area contributed by atoms with E-state index >= 15 is 0 Å². The highest BCUT2D eigenvalue weighted by Crippen LogP contribution is 2.44. The zero-order valence-electron chi connectivity index (χ0n) is 12.5. The summed E-state index contributed by atoms with van der Waals surface area (Å²) in [4.78, 5) is 12.5. The van der Waals surface area contributed by atoms with Crippen molar-refractivity contribution in [2.45, 2.75) is 52.0 Å². The van der Waals surface area contributed by atoms with Crippen LogP contribution in [0.25, 0.3) is 0 Å². The Bertz CT molecular complexity index is 476. The lowest BCUT2D eigenvalue weighted by Crippen LogP contribution is -2.24. The SMILES string of the molecule is CCC(=O)c1sc(NC2CCC(C)CC2)c(OC)c1N. The van der Waals surface area contributed by atoms with Gasteiger partial charge in [0.2, 0.25) is 0 Å². The number of carbonyl (C=O) groups excluding carboxylic acids is 1. The predicted octanol–water partition coefficient (Wildman–Crippen LogP) is 3.92. The normalized spacial score (nSPS) is 22.6. The monoisotopic (exact) mass is 296 g/mol. The summed E-state index contributed by atoms with van der Waals surface area (Å²) < 4.78 is 5.38. The van der Waals surface area contributed by atoms with E-state index < -0.39 is 0 Å². The van der Waals surface area contributed by atoms with E-state index in [-0.39, 0.29) is 5.78 Å². The van der Waals surface area contributed by atoms with Crippen LogP contribution < -0.4 is 15.8 Å². The molecular weight excluding hydrogens is 272 g/mol. The predicted molar refractivity (Wildman–Crippen MR) is 84.9 cm³/mol. The first kappa shape index (κ1) is 15.2. The number of ketones is 1. The second kappa shape index (κ2) is 6.48. The third-order valence-corrected chi connectivity index (χ3v) is 5.19. The number of nitrogens with two attached hydrogens (primary N) is 1. The van der Waals surface area contributed by atoms with Crippen LogP contribution in [-0.4, -0.2) is 18.9 Å². The minimum Gasteiger partial charge on any atom is -0.492 e. The molecule has 0 atom stereocenters. The second-order valence-electron chi connectivity index (χ2n) is 5.59. The lowest BCUT2D eigenvalue weighted by Gasteiger charge is -2.27. The lowest BCUT2D eigenvalue weighted by molar-refractivity contribution is 0.0992. The van der Waals surface area contributed by atoms with Crippen LogP contribution in [0, 0.1) is 5.92 Å². The Hall–Kier alpha value is -1.23. The van der Waals surface area contributed by atoms with Gasteiger partial charge < -0.3 is 15.8 Å². The fourth-order valence-electron chi connectivity index (χ4n) is 2.68. The molecule has 2 rings (SSSR count). The molecule has 0 aromatic carbocycles. The van der Waals surface area contributed by atoms with Gasteiger partial charge in [-0.15, -0.1) is 11.3 Å². The summed E-state index contributed by atoms with van der Waals surface area (Å²) in [5.41, 5.74) is 6.53. The molecule has 4 nitrogen and oxygen atoms in total. The molecule has 112 valence electrons.